The number of piperidine rings is 1. The molecule has 4 heteroatoms. The summed E-state index contributed by atoms with van der Waals surface area (Å²) in [5.41, 5.74) is 2.34. The molecule has 0 aromatic heterocycles. The van der Waals surface area contributed by atoms with Crippen molar-refractivity contribution < 1.29 is 14.3 Å². The maximum absolute atomic E-state index is 12.5. The molecule has 2 aliphatic rings. The number of amides is 1. The molecule has 0 N–H and O–H groups in total. The van der Waals surface area contributed by atoms with E-state index in [-0.39, 0.29) is 5.91 Å². The molecule has 0 unspecified atom stereocenters. The van der Waals surface area contributed by atoms with Gasteiger partial charge in [-0.25, -0.2) is 0 Å². The first-order chi connectivity index (χ1) is 13.3. The Labute approximate surface area is 160 Å². The van der Waals surface area contributed by atoms with Gasteiger partial charge in [0.2, 0.25) is 5.91 Å². The van der Waals surface area contributed by atoms with E-state index >= 15 is 0 Å². The summed E-state index contributed by atoms with van der Waals surface area (Å²) in [7, 11) is 0. The minimum Gasteiger partial charge on any atom is -0.486 e. The molecule has 0 saturated carbocycles. The lowest BCUT2D eigenvalue weighted by Crippen LogP contribution is -2.37. The summed E-state index contributed by atoms with van der Waals surface area (Å²) in [5.74, 6) is 2.27. The van der Waals surface area contributed by atoms with Crippen LogP contribution in [0, 0.1) is 5.92 Å². The van der Waals surface area contributed by atoms with Gasteiger partial charge >= 0.3 is 0 Å². The van der Waals surface area contributed by atoms with Crippen LogP contribution in [0.2, 0.25) is 0 Å². The molecule has 140 valence electrons. The van der Waals surface area contributed by atoms with Gasteiger partial charge in [-0.15, -0.1) is 0 Å². The highest BCUT2D eigenvalue weighted by Gasteiger charge is 2.21. The van der Waals surface area contributed by atoms with Gasteiger partial charge in [0.25, 0.3) is 0 Å². The number of ether oxygens (including phenoxy) is 2. The molecule has 2 aromatic carbocycles. The van der Waals surface area contributed by atoms with Gasteiger partial charge in [0, 0.05) is 19.2 Å². The van der Waals surface area contributed by atoms with E-state index in [9.17, 15) is 4.79 Å². The number of hydrogen-bond donors (Lipinski definition) is 0. The quantitative estimate of drug-likeness (QED) is 0.772. The molecular weight excluding hydrogens is 338 g/mol. The molecule has 1 amide bonds. The van der Waals surface area contributed by atoms with E-state index in [1.165, 1.54) is 5.56 Å². The molecule has 0 aliphatic carbocycles. The van der Waals surface area contributed by atoms with Gasteiger partial charge in [-0.1, -0.05) is 36.4 Å². The third-order valence-electron chi connectivity index (χ3n) is 5.28. The minimum absolute atomic E-state index is 0.0862. The molecule has 1 saturated heterocycles. The van der Waals surface area contributed by atoms with E-state index < -0.39 is 0 Å². The van der Waals surface area contributed by atoms with Crippen LogP contribution in [0.5, 0.6) is 11.5 Å². The van der Waals surface area contributed by atoms with Crippen LogP contribution in [-0.4, -0.2) is 37.1 Å². The second-order valence-electron chi connectivity index (χ2n) is 7.19. The highest BCUT2D eigenvalue weighted by molar-refractivity contribution is 5.91. The van der Waals surface area contributed by atoms with Gasteiger partial charge in [0.15, 0.2) is 11.5 Å². The van der Waals surface area contributed by atoms with Crippen LogP contribution in [-0.2, 0) is 11.2 Å². The normalized spacial score (nSPS) is 17.3. The fourth-order valence-corrected chi connectivity index (χ4v) is 3.74. The monoisotopic (exact) mass is 363 g/mol. The predicted octanol–water partition coefficient (Wildman–Crippen LogP) is 3.95. The fraction of sp³-hybridized carbons (Fsp3) is 0.348. The highest BCUT2D eigenvalue weighted by atomic mass is 16.6. The number of hydrogen-bond acceptors (Lipinski definition) is 3. The van der Waals surface area contributed by atoms with Crippen LogP contribution < -0.4 is 9.47 Å². The smallest absolute Gasteiger partial charge is 0.246 e. The topological polar surface area (TPSA) is 38.8 Å². The summed E-state index contributed by atoms with van der Waals surface area (Å²) >= 11 is 0. The molecule has 2 aliphatic heterocycles. The summed E-state index contributed by atoms with van der Waals surface area (Å²) in [6.07, 6.45) is 6.77. The number of benzene rings is 2. The number of fused-ring (bicyclic) bond motifs is 1. The summed E-state index contributed by atoms with van der Waals surface area (Å²) in [6.45, 7) is 2.82. The summed E-state index contributed by atoms with van der Waals surface area (Å²) < 4.78 is 11.1. The average molecular weight is 363 g/mol. The molecule has 27 heavy (non-hydrogen) atoms. The molecule has 4 rings (SSSR count). The number of nitrogens with zero attached hydrogens (tertiary/aromatic N) is 1. The Morgan fingerprint density at radius 1 is 1.00 bits per heavy atom. The second kappa shape index (κ2) is 8.30. The molecule has 2 aromatic rings. The summed E-state index contributed by atoms with van der Waals surface area (Å²) in [6, 6.07) is 16.4. The van der Waals surface area contributed by atoms with Gasteiger partial charge in [0.1, 0.15) is 13.2 Å². The standard InChI is InChI=1S/C23H25NO3/c25-23(9-7-19-6-8-21-22(17-19)27-15-14-26-21)24-12-10-20(11-13-24)16-18-4-2-1-3-5-18/h1-9,17,20H,10-16H2/b9-7+. The molecule has 2 heterocycles. The fourth-order valence-electron chi connectivity index (χ4n) is 3.74. The van der Waals surface area contributed by atoms with Crippen molar-refractivity contribution in [2.24, 2.45) is 5.92 Å². The first kappa shape index (κ1) is 17.7. The second-order valence-corrected chi connectivity index (χ2v) is 7.19. The number of carbonyl (C=O) groups is 1. The van der Waals surface area contributed by atoms with Crippen LogP contribution in [0.3, 0.4) is 0 Å². The van der Waals surface area contributed by atoms with Gasteiger partial charge in [-0.2, -0.15) is 0 Å². The van der Waals surface area contributed by atoms with E-state index in [2.05, 4.69) is 30.3 Å². The first-order valence-corrected chi connectivity index (χ1v) is 9.68. The Hall–Kier alpha value is -2.75. The SMILES string of the molecule is O=C(/C=C/c1ccc2c(c1)OCCO2)N1CCC(Cc2ccccc2)CC1. The Balaban J connectivity index is 1.30. The van der Waals surface area contributed by atoms with Crippen LogP contribution in [0.1, 0.15) is 24.0 Å². The zero-order valence-electron chi connectivity index (χ0n) is 15.5. The predicted molar refractivity (Wildman–Crippen MR) is 106 cm³/mol. The number of carbonyl (C=O) groups excluding carboxylic acids is 1. The Morgan fingerprint density at radius 2 is 1.74 bits per heavy atom. The van der Waals surface area contributed by atoms with Crippen LogP contribution in [0.4, 0.5) is 0 Å². The maximum Gasteiger partial charge on any atom is 0.246 e. The largest absolute Gasteiger partial charge is 0.486 e. The summed E-state index contributed by atoms with van der Waals surface area (Å²) in [5, 5.41) is 0. The van der Waals surface area contributed by atoms with Crippen molar-refractivity contribution in [2.75, 3.05) is 26.3 Å². The Bertz CT molecular complexity index is 808. The van der Waals surface area contributed by atoms with Crippen molar-refractivity contribution in [3.8, 4) is 11.5 Å². The summed E-state index contributed by atoms with van der Waals surface area (Å²) in [4.78, 5) is 14.5. The molecular formula is C23H25NO3. The molecule has 0 bridgehead atoms. The number of likely N-dealkylation sites (tertiary alicyclic amines) is 1. The van der Waals surface area contributed by atoms with Crippen LogP contribution in [0.15, 0.2) is 54.6 Å². The van der Waals surface area contributed by atoms with Gasteiger partial charge in [-0.05, 0) is 54.5 Å². The zero-order valence-corrected chi connectivity index (χ0v) is 15.5. The van der Waals surface area contributed by atoms with Crippen LogP contribution in [0.25, 0.3) is 6.08 Å². The third-order valence-corrected chi connectivity index (χ3v) is 5.28. The average Bonchev–Trinajstić information content (AvgIpc) is 2.73. The highest BCUT2D eigenvalue weighted by Crippen LogP contribution is 2.31. The van der Waals surface area contributed by atoms with Crippen molar-refractivity contribution in [1.29, 1.82) is 0 Å². The molecule has 0 atom stereocenters. The molecule has 1 fully saturated rings. The van der Waals surface area contributed by atoms with Crippen molar-refractivity contribution >= 4 is 12.0 Å². The van der Waals surface area contributed by atoms with Crippen molar-refractivity contribution in [3.05, 3.63) is 65.7 Å². The van der Waals surface area contributed by atoms with Gasteiger partial charge < -0.3 is 14.4 Å². The lowest BCUT2D eigenvalue weighted by Gasteiger charge is -2.31. The number of rotatable bonds is 4. The Morgan fingerprint density at radius 3 is 2.52 bits per heavy atom. The minimum atomic E-state index is 0.0862. The van der Waals surface area contributed by atoms with E-state index in [1.54, 1.807) is 6.08 Å². The van der Waals surface area contributed by atoms with E-state index in [0.29, 0.717) is 19.1 Å². The molecule has 0 radical (unpaired) electrons. The first-order valence-electron chi connectivity index (χ1n) is 9.68. The van der Waals surface area contributed by atoms with Crippen molar-refractivity contribution in [2.45, 2.75) is 19.3 Å². The molecule has 4 nitrogen and oxygen atoms in total. The third kappa shape index (κ3) is 4.51. The van der Waals surface area contributed by atoms with Crippen LogP contribution >= 0.6 is 0 Å². The lowest BCUT2D eigenvalue weighted by atomic mass is 9.90. The van der Waals surface area contributed by atoms with E-state index in [1.807, 2.05) is 29.2 Å². The Kier molecular flexibility index (Phi) is 5.42. The van der Waals surface area contributed by atoms with E-state index in [0.717, 1.165) is 49.4 Å². The van der Waals surface area contributed by atoms with Crippen molar-refractivity contribution in [3.63, 3.8) is 0 Å². The maximum atomic E-state index is 12.5. The zero-order chi connectivity index (χ0) is 18.5. The van der Waals surface area contributed by atoms with Gasteiger partial charge in [0.05, 0.1) is 0 Å². The molecule has 0 spiro atoms. The van der Waals surface area contributed by atoms with E-state index in [4.69, 9.17) is 9.47 Å². The van der Waals surface area contributed by atoms with Gasteiger partial charge in [-0.3, -0.25) is 4.79 Å². The van der Waals surface area contributed by atoms with Crippen molar-refractivity contribution in [1.82, 2.24) is 4.90 Å². The lowest BCUT2D eigenvalue weighted by molar-refractivity contribution is -0.127.